The summed E-state index contributed by atoms with van der Waals surface area (Å²) in [4.78, 5) is 6.04. The number of thiophene rings is 1. The molecular formula is C22H27FN6S. The molecule has 1 aliphatic rings. The Hall–Kier alpha value is -2.74. The Kier molecular flexibility index (Phi) is 6.13. The van der Waals surface area contributed by atoms with E-state index in [9.17, 15) is 4.39 Å². The monoisotopic (exact) mass is 426 g/mol. The molecule has 1 aliphatic carbocycles. The zero-order valence-corrected chi connectivity index (χ0v) is 18.2. The van der Waals surface area contributed by atoms with Crippen LogP contribution in [0.25, 0.3) is 0 Å². The van der Waals surface area contributed by atoms with Gasteiger partial charge in [0.1, 0.15) is 18.2 Å². The molecule has 0 bridgehead atoms. The minimum atomic E-state index is -0.150. The third-order valence-electron chi connectivity index (χ3n) is 5.70. The molecule has 0 spiro atoms. The second-order valence-electron chi connectivity index (χ2n) is 7.76. The van der Waals surface area contributed by atoms with Gasteiger partial charge in [-0.3, -0.25) is 0 Å². The second kappa shape index (κ2) is 8.95. The molecule has 0 radical (unpaired) electrons. The highest BCUT2D eigenvalue weighted by Gasteiger charge is 2.45. The Labute approximate surface area is 180 Å². The number of aromatic nitrogens is 3. The number of aryl methyl sites for hydroxylation is 1. The van der Waals surface area contributed by atoms with E-state index in [4.69, 9.17) is 4.99 Å². The van der Waals surface area contributed by atoms with Crippen molar-refractivity contribution in [2.45, 2.75) is 38.1 Å². The van der Waals surface area contributed by atoms with Gasteiger partial charge in [-0.1, -0.05) is 24.3 Å². The first kappa shape index (κ1) is 20.5. The molecule has 1 fully saturated rings. The number of nitrogens with zero attached hydrogens (tertiary/aromatic N) is 4. The lowest BCUT2D eigenvalue weighted by Gasteiger charge is -2.20. The van der Waals surface area contributed by atoms with Crippen molar-refractivity contribution >= 4 is 17.3 Å². The van der Waals surface area contributed by atoms with Gasteiger partial charge in [0.2, 0.25) is 0 Å². The average molecular weight is 427 g/mol. The molecule has 2 aromatic heterocycles. The molecule has 1 aromatic carbocycles. The quantitative estimate of drug-likeness (QED) is 0.428. The van der Waals surface area contributed by atoms with E-state index in [-0.39, 0.29) is 11.2 Å². The number of aliphatic imine (C=N–C) groups is 1. The van der Waals surface area contributed by atoms with Crippen LogP contribution in [0.5, 0.6) is 0 Å². The molecule has 3 aromatic rings. The van der Waals surface area contributed by atoms with Gasteiger partial charge in [-0.15, -0.1) is 21.5 Å². The standard InChI is InChI=1S/C22H27FN6S/c1-16-27-28-20(29(16)2)14-25-21(24-12-9-17-6-5-13-30-17)26-15-22(10-11-22)18-7-3-4-8-19(18)23/h3-8,13H,9-12,14-15H2,1-2H3,(H2,24,25,26). The Bertz CT molecular complexity index is 1010. The van der Waals surface area contributed by atoms with Crippen LogP contribution in [0.15, 0.2) is 46.8 Å². The molecular weight excluding hydrogens is 399 g/mol. The molecule has 0 atom stereocenters. The first-order valence-corrected chi connectivity index (χ1v) is 11.1. The Balaban J connectivity index is 1.43. The number of guanidine groups is 1. The molecule has 0 aliphatic heterocycles. The smallest absolute Gasteiger partial charge is 0.191 e. The van der Waals surface area contributed by atoms with Gasteiger partial charge in [-0.25, -0.2) is 9.38 Å². The molecule has 0 saturated heterocycles. The van der Waals surface area contributed by atoms with Gasteiger partial charge >= 0.3 is 0 Å². The van der Waals surface area contributed by atoms with Crippen LogP contribution in [0.4, 0.5) is 4.39 Å². The van der Waals surface area contributed by atoms with Crippen LogP contribution in [0.1, 0.15) is 34.9 Å². The third-order valence-corrected chi connectivity index (χ3v) is 6.63. The lowest BCUT2D eigenvalue weighted by Crippen LogP contribution is -2.42. The average Bonchev–Trinajstić information content (AvgIpc) is 3.21. The summed E-state index contributed by atoms with van der Waals surface area (Å²) >= 11 is 1.75. The van der Waals surface area contributed by atoms with E-state index < -0.39 is 0 Å². The predicted octanol–water partition coefficient (Wildman–Crippen LogP) is 3.33. The predicted molar refractivity (Wildman–Crippen MR) is 118 cm³/mol. The zero-order valence-electron chi connectivity index (χ0n) is 17.4. The number of hydrogen-bond donors (Lipinski definition) is 2. The molecule has 30 heavy (non-hydrogen) atoms. The third kappa shape index (κ3) is 4.70. The van der Waals surface area contributed by atoms with Crippen molar-refractivity contribution in [3.63, 3.8) is 0 Å². The molecule has 0 unspecified atom stereocenters. The van der Waals surface area contributed by atoms with Crippen LogP contribution in [0.3, 0.4) is 0 Å². The van der Waals surface area contributed by atoms with E-state index in [1.165, 1.54) is 4.88 Å². The molecule has 4 rings (SSSR count). The lowest BCUT2D eigenvalue weighted by molar-refractivity contribution is 0.559. The highest BCUT2D eigenvalue weighted by atomic mass is 32.1. The molecule has 6 nitrogen and oxygen atoms in total. The number of halogens is 1. The first-order chi connectivity index (χ1) is 14.6. The number of rotatable bonds is 8. The maximum absolute atomic E-state index is 14.3. The van der Waals surface area contributed by atoms with Crippen molar-refractivity contribution in [3.8, 4) is 0 Å². The fourth-order valence-electron chi connectivity index (χ4n) is 3.51. The van der Waals surface area contributed by atoms with Gasteiger partial charge in [-0.2, -0.15) is 0 Å². The van der Waals surface area contributed by atoms with E-state index in [0.717, 1.165) is 49.0 Å². The van der Waals surface area contributed by atoms with Crippen molar-refractivity contribution in [1.82, 2.24) is 25.4 Å². The summed E-state index contributed by atoms with van der Waals surface area (Å²) in [5.41, 5.74) is 0.641. The number of nitrogens with one attached hydrogen (secondary N) is 2. The summed E-state index contributed by atoms with van der Waals surface area (Å²) in [6.45, 7) is 3.77. The van der Waals surface area contributed by atoms with Crippen LogP contribution >= 0.6 is 11.3 Å². The normalized spacial score (nSPS) is 15.2. The summed E-state index contributed by atoms with van der Waals surface area (Å²) in [6.07, 6.45) is 2.89. The topological polar surface area (TPSA) is 67.1 Å². The van der Waals surface area contributed by atoms with Crippen molar-refractivity contribution < 1.29 is 4.39 Å². The fourth-order valence-corrected chi connectivity index (χ4v) is 4.22. The van der Waals surface area contributed by atoms with Gasteiger partial charge in [0.25, 0.3) is 0 Å². The molecule has 158 valence electrons. The highest BCUT2D eigenvalue weighted by Crippen LogP contribution is 2.48. The maximum Gasteiger partial charge on any atom is 0.191 e. The Morgan fingerprint density at radius 1 is 1.20 bits per heavy atom. The van der Waals surface area contributed by atoms with Crippen molar-refractivity contribution in [2.75, 3.05) is 13.1 Å². The van der Waals surface area contributed by atoms with Gasteiger partial charge in [-0.05, 0) is 49.3 Å². The largest absolute Gasteiger partial charge is 0.356 e. The van der Waals surface area contributed by atoms with Gasteiger partial charge in [0, 0.05) is 30.4 Å². The van der Waals surface area contributed by atoms with Gasteiger partial charge < -0.3 is 15.2 Å². The Morgan fingerprint density at radius 2 is 2.03 bits per heavy atom. The summed E-state index contributed by atoms with van der Waals surface area (Å²) in [7, 11) is 1.94. The summed E-state index contributed by atoms with van der Waals surface area (Å²) in [5, 5.41) is 17.2. The van der Waals surface area contributed by atoms with Crippen LogP contribution in [0.2, 0.25) is 0 Å². The van der Waals surface area contributed by atoms with Crippen LogP contribution in [-0.4, -0.2) is 33.8 Å². The second-order valence-corrected chi connectivity index (χ2v) is 8.79. The zero-order chi connectivity index (χ0) is 21.0. The van der Waals surface area contributed by atoms with Gasteiger partial charge in [0.05, 0.1) is 0 Å². The van der Waals surface area contributed by atoms with Gasteiger partial charge in [0.15, 0.2) is 11.8 Å². The highest BCUT2D eigenvalue weighted by molar-refractivity contribution is 7.09. The minimum absolute atomic E-state index is 0.129. The molecule has 8 heteroatoms. The fraction of sp³-hybridized carbons (Fsp3) is 0.409. The summed E-state index contributed by atoms with van der Waals surface area (Å²) in [6, 6.07) is 11.3. The SMILES string of the molecule is Cc1nnc(CN=C(NCCc2cccs2)NCC2(c3ccccc3F)CC2)n1C. The van der Waals surface area contributed by atoms with E-state index in [0.29, 0.717) is 13.1 Å². The molecule has 1 saturated carbocycles. The Morgan fingerprint density at radius 3 is 2.70 bits per heavy atom. The van der Waals surface area contributed by atoms with Crippen molar-refractivity contribution in [1.29, 1.82) is 0 Å². The van der Waals surface area contributed by atoms with E-state index in [2.05, 4.69) is 38.3 Å². The molecule has 2 N–H and O–H groups in total. The maximum atomic E-state index is 14.3. The minimum Gasteiger partial charge on any atom is -0.356 e. The number of benzene rings is 1. The van der Waals surface area contributed by atoms with Crippen molar-refractivity contribution in [2.24, 2.45) is 12.0 Å². The number of hydrogen-bond acceptors (Lipinski definition) is 4. The van der Waals surface area contributed by atoms with E-state index in [1.807, 2.05) is 30.7 Å². The van der Waals surface area contributed by atoms with E-state index in [1.54, 1.807) is 23.5 Å². The van der Waals surface area contributed by atoms with Crippen molar-refractivity contribution in [3.05, 3.63) is 69.7 Å². The van der Waals surface area contributed by atoms with E-state index >= 15 is 0 Å². The van der Waals surface area contributed by atoms with Crippen LogP contribution in [0, 0.1) is 12.7 Å². The molecule has 2 heterocycles. The lowest BCUT2D eigenvalue weighted by atomic mass is 9.95. The van der Waals surface area contributed by atoms with Crippen LogP contribution < -0.4 is 10.6 Å². The first-order valence-electron chi connectivity index (χ1n) is 10.2. The summed E-state index contributed by atoms with van der Waals surface area (Å²) in [5.74, 6) is 2.25. The van der Waals surface area contributed by atoms with Crippen LogP contribution in [-0.2, 0) is 25.4 Å². The molecule has 0 amide bonds. The summed E-state index contributed by atoms with van der Waals surface area (Å²) < 4.78 is 16.3.